The molecule has 0 saturated carbocycles. The lowest BCUT2D eigenvalue weighted by Crippen LogP contribution is -2.17. The van der Waals surface area contributed by atoms with Crippen molar-refractivity contribution in [3.63, 3.8) is 0 Å². The summed E-state index contributed by atoms with van der Waals surface area (Å²) in [7, 11) is -3.67. The Kier molecular flexibility index (Phi) is 8.16. The summed E-state index contributed by atoms with van der Waals surface area (Å²) in [5, 5.41) is 0. The van der Waals surface area contributed by atoms with Crippen LogP contribution in [0.2, 0.25) is 0 Å². The Morgan fingerprint density at radius 2 is 1.60 bits per heavy atom. The molecule has 0 fully saturated rings. The minimum atomic E-state index is -4.77. The molecule has 42 heavy (non-hydrogen) atoms. The number of fused-ring (bicyclic) bond motifs is 1. The molecule has 0 saturated heterocycles. The zero-order valence-electron chi connectivity index (χ0n) is 23.0. The van der Waals surface area contributed by atoms with Gasteiger partial charge in [-0.2, -0.15) is 21.6 Å². The molecule has 0 bridgehead atoms. The summed E-state index contributed by atoms with van der Waals surface area (Å²) in [5.74, 6) is -0.970. The summed E-state index contributed by atoms with van der Waals surface area (Å²) in [6.07, 6.45) is -4.06. The van der Waals surface area contributed by atoms with Crippen molar-refractivity contribution < 1.29 is 30.5 Å². The topological polar surface area (TPSA) is 140 Å². The number of aromatic amines is 1. The van der Waals surface area contributed by atoms with Gasteiger partial charge in [0.1, 0.15) is 17.2 Å². The number of imidazole rings is 2. The fraction of sp³-hybridized carbons (Fsp3) is 0.250. The maximum absolute atomic E-state index is 14.8. The van der Waals surface area contributed by atoms with E-state index in [1.807, 2.05) is 6.07 Å². The molecule has 0 unspecified atom stereocenters. The van der Waals surface area contributed by atoms with Crippen molar-refractivity contribution in [1.29, 1.82) is 0 Å². The van der Waals surface area contributed by atoms with Crippen LogP contribution < -0.4 is 5.73 Å². The third-order valence-corrected chi connectivity index (χ3v) is 5.82. The van der Waals surface area contributed by atoms with Crippen LogP contribution in [0.3, 0.4) is 0 Å². The molecule has 3 heterocycles. The number of alkyl halides is 3. The number of pyridine rings is 1. The second-order valence-corrected chi connectivity index (χ2v) is 12.2. The van der Waals surface area contributed by atoms with E-state index < -0.39 is 33.2 Å². The lowest BCUT2D eigenvalue weighted by atomic mass is 9.97. The number of nitrogens with one attached hydrogen (secondary N) is 1. The van der Waals surface area contributed by atoms with E-state index in [9.17, 15) is 26.0 Å². The summed E-state index contributed by atoms with van der Waals surface area (Å²) >= 11 is 0. The van der Waals surface area contributed by atoms with Crippen molar-refractivity contribution in [2.75, 3.05) is 12.0 Å². The first-order valence-electron chi connectivity index (χ1n) is 12.5. The zero-order valence-corrected chi connectivity index (χ0v) is 23.8. The fourth-order valence-corrected chi connectivity index (χ4v) is 4.27. The number of anilines is 1. The average Bonchev–Trinajstić information content (AvgIpc) is 3.43. The molecule has 2 aromatic carbocycles. The lowest BCUT2D eigenvalue weighted by molar-refractivity contribution is -0.137. The van der Waals surface area contributed by atoms with Crippen molar-refractivity contribution in [3.8, 4) is 34.0 Å². The number of nitrogens with two attached hydrogens (primary N) is 1. The molecular formula is C28H28F4N6O3S. The summed E-state index contributed by atoms with van der Waals surface area (Å²) < 4.78 is 83.8. The molecule has 0 aliphatic carbocycles. The SMILES string of the molecule is CC(C)(C)Cn1c(N)nc2ccc(-c3[nH]c(-c4c(F)cccc4C(F)(F)F)nc3-c3ccccc3)nc21.CS(=O)(=O)O. The van der Waals surface area contributed by atoms with Gasteiger partial charge >= 0.3 is 6.18 Å². The highest BCUT2D eigenvalue weighted by molar-refractivity contribution is 7.85. The third-order valence-electron chi connectivity index (χ3n) is 5.82. The number of hydrogen-bond acceptors (Lipinski definition) is 6. The van der Waals surface area contributed by atoms with Gasteiger partial charge in [-0.3, -0.25) is 9.12 Å². The number of nitrogens with zero attached hydrogens (tertiary/aromatic N) is 4. The van der Waals surface area contributed by atoms with Crippen LogP contribution >= 0.6 is 0 Å². The Labute approximate surface area is 239 Å². The maximum Gasteiger partial charge on any atom is 0.417 e. The molecule has 0 amide bonds. The van der Waals surface area contributed by atoms with Gasteiger partial charge in [-0.05, 0) is 29.7 Å². The summed E-state index contributed by atoms with van der Waals surface area (Å²) in [4.78, 5) is 16.5. The number of halogens is 4. The maximum atomic E-state index is 14.8. The largest absolute Gasteiger partial charge is 0.417 e. The van der Waals surface area contributed by atoms with Gasteiger partial charge in [-0.25, -0.2) is 19.3 Å². The highest BCUT2D eigenvalue weighted by atomic mass is 32.2. The monoisotopic (exact) mass is 604 g/mol. The Morgan fingerprint density at radius 1 is 0.952 bits per heavy atom. The van der Waals surface area contributed by atoms with E-state index in [1.165, 1.54) is 0 Å². The van der Waals surface area contributed by atoms with Crippen molar-refractivity contribution in [3.05, 3.63) is 72.0 Å². The van der Waals surface area contributed by atoms with Crippen LogP contribution in [0.25, 0.3) is 45.2 Å². The van der Waals surface area contributed by atoms with Crippen molar-refractivity contribution >= 4 is 27.2 Å². The van der Waals surface area contributed by atoms with Crippen LogP contribution in [0.5, 0.6) is 0 Å². The molecule has 9 nitrogen and oxygen atoms in total. The normalized spacial score (nSPS) is 12.3. The summed E-state index contributed by atoms with van der Waals surface area (Å²) in [6.45, 7) is 6.73. The van der Waals surface area contributed by atoms with E-state index >= 15 is 0 Å². The Balaban J connectivity index is 0.000000748. The van der Waals surface area contributed by atoms with Gasteiger partial charge < -0.3 is 10.7 Å². The molecule has 5 rings (SSSR count). The molecule has 222 valence electrons. The van der Waals surface area contributed by atoms with Crippen LogP contribution in [0.1, 0.15) is 26.3 Å². The predicted octanol–water partition coefficient (Wildman–Crippen LogP) is 6.45. The predicted molar refractivity (Wildman–Crippen MR) is 152 cm³/mol. The first-order valence-corrected chi connectivity index (χ1v) is 14.3. The molecule has 14 heteroatoms. The molecule has 0 radical (unpaired) electrons. The number of H-pyrrole nitrogens is 1. The molecule has 0 aliphatic rings. The van der Waals surface area contributed by atoms with Crippen molar-refractivity contribution in [1.82, 2.24) is 24.5 Å². The second kappa shape index (κ2) is 11.2. The minimum Gasteiger partial charge on any atom is -0.369 e. The number of benzene rings is 2. The lowest BCUT2D eigenvalue weighted by Gasteiger charge is -2.19. The van der Waals surface area contributed by atoms with E-state index in [2.05, 4.69) is 35.7 Å². The van der Waals surface area contributed by atoms with Crippen LogP contribution in [-0.4, -0.2) is 43.7 Å². The van der Waals surface area contributed by atoms with Crippen LogP contribution in [0.15, 0.2) is 60.7 Å². The molecule has 0 aliphatic heterocycles. The van der Waals surface area contributed by atoms with E-state index in [1.54, 1.807) is 41.0 Å². The standard InChI is InChI=1S/C27H24F4N6.CH4O3S/c1-26(2,3)14-37-24-19(34-25(37)32)13-12-18(33-24)22-21(15-8-5-4-6-9-15)35-23(36-22)20-16(27(29,30)31)10-7-11-17(20)28;1-5(2,3)4/h4-13H,14H2,1-3H3,(H2,32,34)(H,35,36);1H3,(H,2,3,4). The third kappa shape index (κ3) is 7.12. The second-order valence-electron chi connectivity index (χ2n) is 10.7. The first-order chi connectivity index (χ1) is 19.4. The Morgan fingerprint density at radius 3 is 2.19 bits per heavy atom. The molecule has 0 atom stereocenters. The average molecular weight is 605 g/mol. The molecule has 3 aromatic heterocycles. The van der Waals surface area contributed by atoms with Gasteiger partial charge in [0.2, 0.25) is 5.95 Å². The van der Waals surface area contributed by atoms with E-state index in [0.29, 0.717) is 52.6 Å². The van der Waals surface area contributed by atoms with E-state index in [4.69, 9.17) is 15.3 Å². The number of nitrogen functional groups attached to an aromatic ring is 1. The van der Waals surface area contributed by atoms with Crippen molar-refractivity contribution in [2.45, 2.75) is 33.5 Å². The van der Waals surface area contributed by atoms with Crippen LogP contribution in [-0.2, 0) is 22.8 Å². The summed E-state index contributed by atoms with van der Waals surface area (Å²) in [6, 6.07) is 15.2. The highest BCUT2D eigenvalue weighted by Crippen LogP contribution is 2.40. The van der Waals surface area contributed by atoms with Gasteiger partial charge in [-0.1, -0.05) is 57.2 Å². The van der Waals surface area contributed by atoms with Crippen LogP contribution in [0, 0.1) is 11.2 Å². The van der Waals surface area contributed by atoms with E-state index in [-0.39, 0.29) is 11.2 Å². The van der Waals surface area contributed by atoms with Gasteiger partial charge in [0.25, 0.3) is 10.1 Å². The quantitative estimate of drug-likeness (QED) is 0.158. The van der Waals surface area contributed by atoms with E-state index in [0.717, 1.165) is 18.2 Å². The number of hydrogen-bond donors (Lipinski definition) is 3. The number of aromatic nitrogens is 5. The molecule has 5 aromatic rings. The van der Waals surface area contributed by atoms with Gasteiger partial charge in [0.15, 0.2) is 5.65 Å². The Bertz CT molecular complexity index is 1840. The Hall–Kier alpha value is -4.30. The molecule has 4 N–H and O–H groups in total. The highest BCUT2D eigenvalue weighted by Gasteiger charge is 2.36. The minimum absolute atomic E-state index is 0.116. The first kappa shape index (κ1) is 30.7. The van der Waals surface area contributed by atoms with Gasteiger partial charge in [0.05, 0.1) is 34.5 Å². The number of rotatable bonds is 4. The van der Waals surface area contributed by atoms with Gasteiger partial charge in [0, 0.05) is 12.1 Å². The van der Waals surface area contributed by atoms with Crippen molar-refractivity contribution in [2.24, 2.45) is 5.41 Å². The zero-order chi connectivity index (χ0) is 31.0. The smallest absolute Gasteiger partial charge is 0.369 e. The van der Waals surface area contributed by atoms with Gasteiger partial charge in [-0.15, -0.1) is 0 Å². The molecule has 0 spiro atoms. The molecular weight excluding hydrogens is 576 g/mol. The fourth-order valence-electron chi connectivity index (χ4n) is 4.27. The van der Waals surface area contributed by atoms with Crippen LogP contribution in [0.4, 0.5) is 23.5 Å². The summed E-state index contributed by atoms with van der Waals surface area (Å²) in [5.41, 5.74) is 7.13.